The van der Waals surface area contributed by atoms with E-state index in [1.807, 2.05) is 25.1 Å². The smallest absolute Gasteiger partial charge is 0.120 e. The van der Waals surface area contributed by atoms with Crippen LogP contribution in [0.4, 0.5) is 0 Å². The van der Waals surface area contributed by atoms with Crippen molar-refractivity contribution >= 4 is 0 Å². The van der Waals surface area contributed by atoms with Gasteiger partial charge in [0.15, 0.2) is 0 Å². The van der Waals surface area contributed by atoms with Crippen LogP contribution in [0.5, 0.6) is 0 Å². The lowest BCUT2D eigenvalue weighted by atomic mass is 10.1. The van der Waals surface area contributed by atoms with Crippen molar-refractivity contribution in [1.82, 2.24) is 0 Å². The molecule has 0 amide bonds. The number of hydrogen-bond donors (Lipinski definition) is 1. The molecule has 0 aliphatic carbocycles. The molecule has 1 rings (SSSR count). The summed E-state index contributed by atoms with van der Waals surface area (Å²) >= 11 is 0. The van der Waals surface area contributed by atoms with Crippen LogP contribution in [0.15, 0.2) is 29.2 Å². The lowest BCUT2D eigenvalue weighted by molar-refractivity contribution is 0.436. The third-order valence-corrected chi connectivity index (χ3v) is 1.81. The Morgan fingerprint density at radius 2 is 2.42 bits per heavy atom. The first-order valence-corrected chi connectivity index (χ1v) is 4.17. The van der Waals surface area contributed by atoms with Crippen LogP contribution in [0.3, 0.4) is 0 Å². The number of hydrogen-bond acceptors (Lipinski definition) is 2. The molecule has 2 heteroatoms. The van der Waals surface area contributed by atoms with Crippen molar-refractivity contribution in [1.29, 1.82) is 0 Å². The number of furan rings is 1. The van der Waals surface area contributed by atoms with Crippen LogP contribution in [0.1, 0.15) is 30.4 Å². The molecule has 0 saturated heterocycles. The molecule has 0 spiro atoms. The van der Waals surface area contributed by atoms with Gasteiger partial charge in [0, 0.05) is 0 Å². The van der Waals surface area contributed by atoms with E-state index in [1.165, 1.54) is 0 Å². The average molecular weight is 165 g/mol. The van der Waals surface area contributed by atoms with E-state index in [2.05, 4.69) is 6.58 Å². The summed E-state index contributed by atoms with van der Waals surface area (Å²) in [5.74, 6) is 1.79. The van der Waals surface area contributed by atoms with Crippen LogP contribution in [0.2, 0.25) is 0 Å². The quantitative estimate of drug-likeness (QED) is 0.696. The summed E-state index contributed by atoms with van der Waals surface area (Å²) in [6.07, 6.45) is 3.70. The fraction of sp³-hybridized carbons (Fsp3) is 0.400. The summed E-state index contributed by atoms with van der Waals surface area (Å²) in [6.45, 7) is 5.57. The molecule has 66 valence electrons. The Morgan fingerprint density at radius 1 is 1.67 bits per heavy atom. The van der Waals surface area contributed by atoms with Crippen molar-refractivity contribution < 1.29 is 4.42 Å². The van der Waals surface area contributed by atoms with Gasteiger partial charge in [-0.25, -0.2) is 0 Å². The molecule has 0 bridgehead atoms. The van der Waals surface area contributed by atoms with Gasteiger partial charge in [-0.1, -0.05) is 6.08 Å². The maximum atomic E-state index is 5.85. The van der Waals surface area contributed by atoms with E-state index >= 15 is 0 Å². The maximum Gasteiger partial charge on any atom is 0.120 e. The Bertz CT molecular complexity index is 252. The molecule has 1 aromatic rings. The second-order valence-electron chi connectivity index (χ2n) is 2.92. The van der Waals surface area contributed by atoms with Crippen LogP contribution in [0, 0.1) is 6.92 Å². The SMILES string of the molecule is C=CCC[C@@H](N)c1ccc(C)o1. The van der Waals surface area contributed by atoms with E-state index < -0.39 is 0 Å². The van der Waals surface area contributed by atoms with E-state index in [9.17, 15) is 0 Å². The van der Waals surface area contributed by atoms with Gasteiger partial charge in [0.05, 0.1) is 6.04 Å². The minimum Gasteiger partial charge on any atom is -0.465 e. The molecular weight excluding hydrogens is 150 g/mol. The third kappa shape index (κ3) is 2.24. The first kappa shape index (κ1) is 9.07. The van der Waals surface area contributed by atoms with Gasteiger partial charge < -0.3 is 10.2 Å². The monoisotopic (exact) mass is 165 g/mol. The largest absolute Gasteiger partial charge is 0.465 e. The van der Waals surface area contributed by atoms with Crippen molar-refractivity contribution in [2.45, 2.75) is 25.8 Å². The summed E-state index contributed by atoms with van der Waals surface area (Å²) in [7, 11) is 0. The number of nitrogens with two attached hydrogens (primary N) is 1. The van der Waals surface area contributed by atoms with Gasteiger partial charge in [-0.3, -0.25) is 0 Å². The zero-order valence-corrected chi connectivity index (χ0v) is 7.42. The first-order valence-electron chi connectivity index (χ1n) is 4.17. The summed E-state index contributed by atoms with van der Waals surface area (Å²) < 4.78 is 5.38. The van der Waals surface area contributed by atoms with E-state index in [0.717, 1.165) is 24.4 Å². The van der Waals surface area contributed by atoms with Gasteiger partial charge in [-0.05, 0) is 31.9 Å². The van der Waals surface area contributed by atoms with Gasteiger partial charge in [0.1, 0.15) is 11.5 Å². The molecule has 12 heavy (non-hydrogen) atoms. The normalized spacial score (nSPS) is 12.8. The third-order valence-electron chi connectivity index (χ3n) is 1.81. The molecule has 0 aliphatic heterocycles. The molecule has 1 aromatic heterocycles. The number of aryl methyl sites for hydroxylation is 1. The van der Waals surface area contributed by atoms with Crippen LogP contribution >= 0.6 is 0 Å². The van der Waals surface area contributed by atoms with E-state index in [-0.39, 0.29) is 6.04 Å². The van der Waals surface area contributed by atoms with Gasteiger partial charge >= 0.3 is 0 Å². The van der Waals surface area contributed by atoms with E-state index in [1.54, 1.807) is 0 Å². The molecule has 2 nitrogen and oxygen atoms in total. The Balaban J connectivity index is 2.52. The molecular formula is C10H15NO. The fourth-order valence-electron chi connectivity index (χ4n) is 1.09. The predicted octanol–water partition coefficient (Wildman–Crippen LogP) is 2.55. The molecule has 0 aromatic carbocycles. The fourth-order valence-corrected chi connectivity index (χ4v) is 1.09. The standard InChI is InChI=1S/C10H15NO/c1-3-4-5-9(11)10-7-6-8(2)12-10/h3,6-7,9H,1,4-5,11H2,2H3/t9-/m1/s1. The van der Waals surface area contributed by atoms with Gasteiger partial charge in [-0.15, -0.1) is 6.58 Å². The zero-order chi connectivity index (χ0) is 8.97. The minimum atomic E-state index is 0.0108. The molecule has 0 unspecified atom stereocenters. The topological polar surface area (TPSA) is 39.2 Å². The molecule has 0 saturated carbocycles. The highest BCUT2D eigenvalue weighted by Crippen LogP contribution is 2.18. The second kappa shape index (κ2) is 4.12. The van der Waals surface area contributed by atoms with Gasteiger partial charge in [0.2, 0.25) is 0 Å². The Labute approximate surface area is 73.1 Å². The van der Waals surface area contributed by atoms with Crippen LogP contribution in [0.25, 0.3) is 0 Å². The van der Waals surface area contributed by atoms with Crippen molar-refractivity contribution in [2.75, 3.05) is 0 Å². The highest BCUT2D eigenvalue weighted by atomic mass is 16.3. The second-order valence-corrected chi connectivity index (χ2v) is 2.92. The van der Waals surface area contributed by atoms with Crippen LogP contribution in [-0.4, -0.2) is 0 Å². The number of allylic oxidation sites excluding steroid dienone is 1. The van der Waals surface area contributed by atoms with Crippen molar-refractivity contribution in [3.05, 3.63) is 36.3 Å². The average Bonchev–Trinajstić information content (AvgIpc) is 2.47. The maximum absolute atomic E-state index is 5.85. The Hall–Kier alpha value is -1.02. The Morgan fingerprint density at radius 3 is 2.92 bits per heavy atom. The number of rotatable bonds is 4. The molecule has 2 N–H and O–H groups in total. The van der Waals surface area contributed by atoms with Crippen molar-refractivity contribution in [3.8, 4) is 0 Å². The summed E-state index contributed by atoms with van der Waals surface area (Å²) in [5, 5.41) is 0. The Kier molecular flexibility index (Phi) is 3.11. The lowest BCUT2D eigenvalue weighted by Crippen LogP contribution is -2.08. The summed E-state index contributed by atoms with van der Waals surface area (Å²) in [5.41, 5.74) is 5.85. The highest BCUT2D eigenvalue weighted by Gasteiger charge is 2.07. The molecule has 1 heterocycles. The molecule has 0 fully saturated rings. The van der Waals surface area contributed by atoms with Gasteiger partial charge in [0.25, 0.3) is 0 Å². The first-order chi connectivity index (χ1) is 5.74. The zero-order valence-electron chi connectivity index (χ0n) is 7.42. The van der Waals surface area contributed by atoms with Crippen molar-refractivity contribution in [3.63, 3.8) is 0 Å². The molecule has 0 aliphatic rings. The van der Waals surface area contributed by atoms with E-state index in [0.29, 0.717) is 0 Å². The van der Waals surface area contributed by atoms with Crippen molar-refractivity contribution in [2.24, 2.45) is 5.73 Å². The van der Waals surface area contributed by atoms with E-state index in [4.69, 9.17) is 10.2 Å². The minimum absolute atomic E-state index is 0.0108. The summed E-state index contributed by atoms with van der Waals surface area (Å²) in [4.78, 5) is 0. The lowest BCUT2D eigenvalue weighted by Gasteiger charge is -2.05. The molecule has 1 atom stereocenters. The molecule has 0 radical (unpaired) electrons. The van der Waals surface area contributed by atoms with Crippen LogP contribution in [-0.2, 0) is 0 Å². The predicted molar refractivity (Wildman–Crippen MR) is 49.8 cm³/mol. The van der Waals surface area contributed by atoms with Crippen LogP contribution < -0.4 is 5.73 Å². The summed E-state index contributed by atoms with van der Waals surface area (Å²) in [6, 6.07) is 3.88. The highest BCUT2D eigenvalue weighted by molar-refractivity contribution is 5.09. The van der Waals surface area contributed by atoms with Gasteiger partial charge in [-0.2, -0.15) is 0 Å².